The monoisotopic (exact) mass is 372 g/mol. The van der Waals surface area contributed by atoms with E-state index in [4.69, 9.17) is 0 Å². The third-order valence-electron chi connectivity index (χ3n) is 4.95. The highest BCUT2D eigenvalue weighted by Crippen LogP contribution is 2.28. The van der Waals surface area contributed by atoms with Gasteiger partial charge in [0.2, 0.25) is 0 Å². The van der Waals surface area contributed by atoms with Gasteiger partial charge in [0.05, 0.1) is 16.1 Å². The van der Waals surface area contributed by atoms with Crippen molar-refractivity contribution in [3.8, 4) is 0 Å². The third-order valence-corrected chi connectivity index (χ3v) is 6.73. The van der Waals surface area contributed by atoms with Crippen LogP contribution in [0.3, 0.4) is 0 Å². The number of carbonyl (C=O) groups excluding carboxylic acids is 1. The molecule has 138 valence electrons. The minimum absolute atomic E-state index is 0.109. The summed E-state index contributed by atoms with van der Waals surface area (Å²) in [5, 5.41) is 0. The van der Waals surface area contributed by atoms with Gasteiger partial charge in [-0.15, -0.1) is 0 Å². The molecule has 1 heterocycles. The van der Waals surface area contributed by atoms with Crippen molar-refractivity contribution in [2.24, 2.45) is 5.92 Å². The van der Waals surface area contributed by atoms with Crippen molar-refractivity contribution >= 4 is 21.6 Å². The smallest absolute Gasteiger partial charge is 0.264 e. The van der Waals surface area contributed by atoms with Crippen LogP contribution in [0.5, 0.6) is 0 Å². The molecule has 2 aromatic carbocycles. The number of rotatable bonds is 4. The maximum Gasteiger partial charge on any atom is 0.264 e. The number of amides is 1. The molecule has 6 heteroatoms. The van der Waals surface area contributed by atoms with Crippen molar-refractivity contribution < 1.29 is 13.2 Å². The van der Waals surface area contributed by atoms with Crippen LogP contribution in [0.25, 0.3) is 0 Å². The van der Waals surface area contributed by atoms with Gasteiger partial charge in [-0.1, -0.05) is 37.3 Å². The summed E-state index contributed by atoms with van der Waals surface area (Å²) < 4.78 is 27.1. The number of piperidine rings is 1. The Morgan fingerprint density at radius 3 is 2.23 bits per heavy atom. The van der Waals surface area contributed by atoms with Gasteiger partial charge in [0.25, 0.3) is 15.9 Å². The summed E-state index contributed by atoms with van der Waals surface area (Å²) in [6, 6.07) is 15.2. The predicted molar refractivity (Wildman–Crippen MR) is 103 cm³/mol. The molecule has 1 aliphatic heterocycles. The van der Waals surface area contributed by atoms with Gasteiger partial charge >= 0.3 is 0 Å². The van der Waals surface area contributed by atoms with Crippen molar-refractivity contribution in [3.63, 3.8) is 0 Å². The average molecular weight is 372 g/mol. The van der Waals surface area contributed by atoms with Gasteiger partial charge in [-0.2, -0.15) is 0 Å². The van der Waals surface area contributed by atoms with E-state index in [1.54, 1.807) is 54.6 Å². The molecule has 1 saturated heterocycles. The molecule has 0 aliphatic carbocycles. The molecule has 1 amide bonds. The Balaban J connectivity index is 1.93. The van der Waals surface area contributed by atoms with Crippen molar-refractivity contribution in [2.45, 2.75) is 24.7 Å². The molecule has 0 saturated carbocycles. The Kier molecular flexibility index (Phi) is 5.32. The number of para-hydroxylation sites is 1. The molecular weight excluding hydrogens is 348 g/mol. The van der Waals surface area contributed by atoms with Crippen molar-refractivity contribution in [2.75, 3.05) is 24.4 Å². The van der Waals surface area contributed by atoms with E-state index >= 15 is 0 Å². The number of anilines is 1. The fraction of sp³-hybridized carbons (Fsp3) is 0.350. The minimum Gasteiger partial charge on any atom is -0.339 e. The molecule has 0 bridgehead atoms. The van der Waals surface area contributed by atoms with Gasteiger partial charge in [-0.3, -0.25) is 9.10 Å². The van der Waals surface area contributed by atoms with E-state index < -0.39 is 10.0 Å². The lowest BCUT2D eigenvalue weighted by Gasteiger charge is -2.31. The Morgan fingerprint density at radius 2 is 1.58 bits per heavy atom. The normalized spacial score (nSPS) is 15.7. The number of likely N-dealkylation sites (tertiary alicyclic amines) is 1. The highest BCUT2D eigenvalue weighted by Gasteiger charge is 2.28. The van der Waals surface area contributed by atoms with E-state index in [0.717, 1.165) is 12.8 Å². The standard InChI is InChI=1S/C20H24N2O3S/c1-16-12-14-22(15-13-16)20(23)18-10-6-7-11-19(18)21(2)26(24,25)17-8-4-3-5-9-17/h3-11,16H,12-15H2,1-2H3. The molecule has 26 heavy (non-hydrogen) atoms. The molecule has 0 spiro atoms. The summed E-state index contributed by atoms with van der Waals surface area (Å²) in [6.07, 6.45) is 1.96. The van der Waals surface area contributed by atoms with Crippen LogP contribution in [0.1, 0.15) is 30.1 Å². The molecular formula is C20H24N2O3S. The van der Waals surface area contributed by atoms with Gasteiger partial charge in [-0.05, 0) is 43.0 Å². The molecule has 1 aliphatic rings. The number of sulfonamides is 1. The predicted octanol–water partition coefficient (Wildman–Crippen LogP) is 3.38. The summed E-state index contributed by atoms with van der Waals surface area (Å²) in [5.74, 6) is 0.512. The Bertz CT molecular complexity index is 873. The summed E-state index contributed by atoms with van der Waals surface area (Å²) >= 11 is 0. The molecule has 3 rings (SSSR count). The Hall–Kier alpha value is -2.34. The van der Waals surface area contributed by atoms with Crippen LogP contribution < -0.4 is 4.31 Å². The maximum absolute atomic E-state index is 13.0. The number of hydrogen-bond donors (Lipinski definition) is 0. The molecule has 5 nitrogen and oxygen atoms in total. The van der Waals surface area contributed by atoms with Gasteiger partial charge < -0.3 is 4.90 Å². The number of carbonyl (C=O) groups is 1. The van der Waals surface area contributed by atoms with E-state index in [1.165, 1.54) is 11.4 Å². The topological polar surface area (TPSA) is 57.7 Å². The van der Waals surface area contributed by atoms with Crippen LogP contribution in [0.2, 0.25) is 0 Å². The van der Waals surface area contributed by atoms with Crippen LogP contribution in [0, 0.1) is 5.92 Å². The van der Waals surface area contributed by atoms with Crippen LogP contribution in [-0.2, 0) is 10.0 Å². The van der Waals surface area contributed by atoms with E-state index in [0.29, 0.717) is 30.3 Å². The van der Waals surface area contributed by atoms with Crippen molar-refractivity contribution in [3.05, 3.63) is 60.2 Å². The quantitative estimate of drug-likeness (QED) is 0.827. The highest BCUT2D eigenvalue weighted by molar-refractivity contribution is 7.92. The first-order valence-electron chi connectivity index (χ1n) is 8.83. The van der Waals surface area contributed by atoms with Gasteiger partial charge in [0.1, 0.15) is 0 Å². The SMILES string of the molecule is CC1CCN(C(=O)c2ccccc2N(C)S(=O)(=O)c2ccccc2)CC1. The molecule has 0 atom stereocenters. The molecule has 2 aromatic rings. The zero-order valence-corrected chi connectivity index (χ0v) is 15.9. The Labute approximate surface area is 155 Å². The molecule has 0 aromatic heterocycles. The second-order valence-corrected chi connectivity index (χ2v) is 8.75. The average Bonchev–Trinajstić information content (AvgIpc) is 2.68. The maximum atomic E-state index is 13.0. The zero-order valence-electron chi connectivity index (χ0n) is 15.1. The van der Waals surface area contributed by atoms with Gasteiger partial charge in [0.15, 0.2) is 0 Å². The molecule has 0 radical (unpaired) electrons. The van der Waals surface area contributed by atoms with Crippen LogP contribution >= 0.6 is 0 Å². The summed E-state index contributed by atoms with van der Waals surface area (Å²) in [6.45, 7) is 3.61. The first-order chi connectivity index (χ1) is 12.4. The van der Waals surface area contributed by atoms with E-state index in [-0.39, 0.29) is 10.8 Å². The van der Waals surface area contributed by atoms with Crippen LogP contribution in [-0.4, -0.2) is 39.4 Å². The lowest BCUT2D eigenvalue weighted by molar-refractivity contribution is 0.0698. The lowest BCUT2D eigenvalue weighted by Crippen LogP contribution is -2.39. The van der Waals surface area contributed by atoms with Gasteiger partial charge in [-0.25, -0.2) is 8.42 Å². The minimum atomic E-state index is -3.72. The first kappa shape index (κ1) is 18.5. The summed E-state index contributed by atoms with van der Waals surface area (Å²) in [7, 11) is -2.23. The largest absolute Gasteiger partial charge is 0.339 e. The van der Waals surface area contributed by atoms with Crippen LogP contribution in [0.15, 0.2) is 59.5 Å². The van der Waals surface area contributed by atoms with Crippen LogP contribution in [0.4, 0.5) is 5.69 Å². The van der Waals surface area contributed by atoms with Crippen molar-refractivity contribution in [1.82, 2.24) is 4.90 Å². The molecule has 0 unspecified atom stereocenters. The van der Waals surface area contributed by atoms with E-state index in [2.05, 4.69) is 6.92 Å². The summed E-state index contributed by atoms with van der Waals surface area (Å²) in [4.78, 5) is 15.0. The van der Waals surface area contributed by atoms with E-state index in [1.807, 2.05) is 4.90 Å². The second-order valence-electron chi connectivity index (χ2n) is 6.78. The lowest BCUT2D eigenvalue weighted by atomic mass is 9.98. The molecule has 1 fully saturated rings. The van der Waals surface area contributed by atoms with Gasteiger partial charge in [0, 0.05) is 20.1 Å². The Morgan fingerprint density at radius 1 is 1.00 bits per heavy atom. The van der Waals surface area contributed by atoms with E-state index in [9.17, 15) is 13.2 Å². The fourth-order valence-electron chi connectivity index (χ4n) is 3.19. The highest BCUT2D eigenvalue weighted by atomic mass is 32.2. The first-order valence-corrected chi connectivity index (χ1v) is 10.3. The number of hydrogen-bond acceptors (Lipinski definition) is 3. The summed E-state index contributed by atoms with van der Waals surface area (Å²) in [5.41, 5.74) is 0.823. The molecule has 0 N–H and O–H groups in total. The second kappa shape index (κ2) is 7.50. The fourth-order valence-corrected chi connectivity index (χ4v) is 4.43. The third kappa shape index (κ3) is 3.60. The van der Waals surface area contributed by atoms with Crippen molar-refractivity contribution in [1.29, 1.82) is 0 Å². The number of nitrogens with zero attached hydrogens (tertiary/aromatic N) is 2. The zero-order chi connectivity index (χ0) is 18.7. The number of benzene rings is 2.